The van der Waals surface area contributed by atoms with Crippen molar-refractivity contribution in [3.8, 4) is 0 Å². The van der Waals surface area contributed by atoms with E-state index in [9.17, 15) is 17.2 Å². The summed E-state index contributed by atoms with van der Waals surface area (Å²) in [5.41, 5.74) is 0. The van der Waals surface area contributed by atoms with E-state index < -0.39 is 26.6 Å². The minimum absolute atomic E-state index is 0.0573. The van der Waals surface area contributed by atoms with E-state index in [1.807, 2.05) is 0 Å². The molecule has 27 heavy (non-hydrogen) atoms. The number of benzene rings is 1. The molecule has 3 rings (SSSR count). The maximum absolute atomic E-state index is 13.9. The second-order valence-corrected chi connectivity index (χ2v) is 7.92. The third kappa shape index (κ3) is 4.49. The first-order valence-corrected chi connectivity index (χ1v) is 9.70. The Morgan fingerprint density at radius 1 is 1.33 bits per heavy atom. The fourth-order valence-corrected chi connectivity index (χ4v) is 4.34. The molecule has 0 N–H and O–H groups in total. The largest absolute Gasteiger partial charge is 0.382 e. The first-order valence-electron chi connectivity index (χ1n) is 8.26. The highest BCUT2D eigenvalue weighted by Crippen LogP contribution is 2.30. The highest BCUT2D eigenvalue weighted by molar-refractivity contribution is 7.89. The smallest absolute Gasteiger partial charge is 0.252 e. The lowest BCUT2D eigenvalue weighted by Crippen LogP contribution is -2.29. The number of ether oxygens (including phenoxy) is 2. The molecule has 148 valence electrons. The number of nitrogens with zero attached hydrogens (tertiary/aromatic N) is 3. The first-order chi connectivity index (χ1) is 12.9. The van der Waals surface area contributed by atoms with Gasteiger partial charge in [0.2, 0.25) is 10.0 Å². The minimum atomic E-state index is -4.15. The molecule has 0 aliphatic carbocycles. The fourth-order valence-electron chi connectivity index (χ4n) is 2.77. The van der Waals surface area contributed by atoms with Gasteiger partial charge in [-0.05, 0) is 24.6 Å². The van der Waals surface area contributed by atoms with Crippen LogP contribution in [0.15, 0.2) is 27.6 Å². The van der Waals surface area contributed by atoms with Crippen LogP contribution in [0, 0.1) is 11.6 Å². The quantitative estimate of drug-likeness (QED) is 0.619. The standard InChI is InChI=1S/C16H19F2N3O5S/c1-24-6-7-25-10-15-19-16(20-26-15)11-4-5-21(9-11)27(22,23)14-8-12(17)2-3-13(14)18/h2-3,8,11H,4-7,9-10H2,1H3. The molecule has 1 aliphatic heterocycles. The second kappa shape index (κ2) is 8.38. The van der Waals surface area contributed by atoms with Crippen molar-refractivity contribution >= 4 is 10.0 Å². The molecule has 1 aliphatic rings. The van der Waals surface area contributed by atoms with Gasteiger partial charge in [0.25, 0.3) is 5.89 Å². The molecule has 0 saturated carbocycles. The highest BCUT2D eigenvalue weighted by atomic mass is 32.2. The zero-order chi connectivity index (χ0) is 19.4. The average Bonchev–Trinajstić information content (AvgIpc) is 3.30. The van der Waals surface area contributed by atoms with Crippen molar-refractivity contribution in [2.24, 2.45) is 0 Å². The summed E-state index contributed by atoms with van der Waals surface area (Å²) in [7, 11) is -2.59. The third-order valence-corrected chi connectivity index (χ3v) is 6.05. The van der Waals surface area contributed by atoms with E-state index in [0.29, 0.717) is 31.5 Å². The average molecular weight is 403 g/mol. The summed E-state index contributed by atoms with van der Waals surface area (Å²) in [5.74, 6) is -1.47. The molecule has 0 amide bonds. The SMILES string of the molecule is COCCOCc1nc(C2CCN(S(=O)(=O)c3cc(F)ccc3F)C2)no1. The molecule has 1 unspecified atom stereocenters. The van der Waals surface area contributed by atoms with Crippen LogP contribution in [-0.2, 0) is 26.1 Å². The maximum atomic E-state index is 13.9. The van der Waals surface area contributed by atoms with Crippen LogP contribution in [0.5, 0.6) is 0 Å². The maximum Gasteiger partial charge on any atom is 0.252 e. The van der Waals surface area contributed by atoms with E-state index >= 15 is 0 Å². The fraction of sp³-hybridized carbons (Fsp3) is 0.500. The number of halogens is 2. The molecule has 8 nitrogen and oxygen atoms in total. The molecule has 0 spiro atoms. The highest BCUT2D eigenvalue weighted by Gasteiger charge is 2.36. The molecule has 1 aromatic carbocycles. The van der Waals surface area contributed by atoms with E-state index in [1.54, 1.807) is 7.11 Å². The minimum Gasteiger partial charge on any atom is -0.382 e. The van der Waals surface area contributed by atoms with E-state index in [2.05, 4.69) is 10.1 Å². The van der Waals surface area contributed by atoms with E-state index in [0.717, 1.165) is 16.4 Å². The summed E-state index contributed by atoms with van der Waals surface area (Å²) in [6.45, 7) is 1.15. The van der Waals surface area contributed by atoms with Crippen molar-refractivity contribution in [3.05, 3.63) is 41.5 Å². The molecular formula is C16H19F2N3O5S. The summed E-state index contributed by atoms with van der Waals surface area (Å²) in [4.78, 5) is 3.53. The van der Waals surface area contributed by atoms with E-state index in [1.165, 1.54) is 0 Å². The number of methoxy groups -OCH3 is 1. The van der Waals surface area contributed by atoms with Gasteiger partial charge < -0.3 is 14.0 Å². The van der Waals surface area contributed by atoms with Crippen molar-refractivity contribution < 1.29 is 31.2 Å². The van der Waals surface area contributed by atoms with Crippen molar-refractivity contribution in [2.45, 2.75) is 23.8 Å². The lowest BCUT2D eigenvalue weighted by molar-refractivity contribution is 0.0494. The molecule has 1 fully saturated rings. The Bertz CT molecular complexity index is 890. The molecular weight excluding hydrogens is 384 g/mol. The van der Waals surface area contributed by atoms with Crippen LogP contribution in [0.4, 0.5) is 8.78 Å². The lowest BCUT2D eigenvalue weighted by Gasteiger charge is -2.16. The van der Waals surface area contributed by atoms with Crippen LogP contribution >= 0.6 is 0 Å². The van der Waals surface area contributed by atoms with E-state index in [-0.39, 0.29) is 31.5 Å². The van der Waals surface area contributed by atoms with Crippen LogP contribution in [0.3, 0.4) is 0 Å². The van der Waals surface area contributed by atoms with Crippen LogP contribution in [-0.4, -0.2) is 56.3 Å². The summed E-state index contributed by atoms with van der Waals surface area (Å²) >= 11 is 0. The summed E-state index contributed by atoms with van der Waals surface area (Å²) in [6.07, 6.45) is 0.444. The molecule has 11 heteroatoms. The van der Waals surface area contributed by atoms with Gasteiger partial charge in [-0.2, -0.15) is 9.29 Å². The van der Waals surface area contributed by atoms with Gasteiger partial charge in [0.1, 0.15) is 23.1 Å². The van der Waals surface area contributed by atoms with Gasteiger partial charge in [0.05, 0.1) is 13.2 Å². The number of rotatable bonds is 8. The predicted octanol–water partition coefficient (Wildman–Crippen LogP) is 1.69. The summed E-state index contributed by atoms with van der Waals surface area (Å²) < 4.78 is 68.8. The van der Waals surface area contributed by atoms with Crippen molar-refractivity contribution in [3.63, 3.8) is 0 Å². The third-order valence-electron chi connectivity index (χ3n) is 4.17. The number of hydrogen-bond acceptors (Lipinski definition) is 7. The number of aromatic nitrogens is 2. The monoisotopic (exact) mass is 403 g/mol. The molecule has 0 radical (unpaired) electrons. The molecule has 2 heterocycles. The van der Waals surface area contributed by atoms with Crippen LogP contribution in [0.2, 0.25) is 0 Å². The van der Waals surface area contributed by atoms with Crippen LogP contribution in [0.1, 0.15) is 24.1 Å². The van der Waals surface area contributed by atoms with Gasteiger partial charge in [-0.3, -0.25) is 0 Å². The second-order valence-electron chi connectivity index (χ2n) is 6.02. The van der Waals surface area contributed by atoms with Crippen LogP contribution in [0.25, 0.3) is 0 Å². The lowest BCUT2D eigenvalue weighted by atomic mass is 10.1. The molecule has 1 atom stereocenters. The van der Waals surface area contributed by atoms with Gasteiger partial charge in [-0.1, -0.05) is 5.16 Å². The Labute approximate surface area is 155 Å². The van der Waals surface area contributed by atoms with Crippen LogP contribution < -0.4 is 0 Å². The van der Waals surface area contributed by atoms with Gasteiger partial charge >= 0.3 is 0 Å². The van der Waals surface area contributed by atoms with Gasteiger partial charge in [0.15, 0.2) is 5.82 Å². The molecule has 1 saturated heterocycles. The predicted molar refractivity (Wildman–Crippen MR) is 88.3 cm³/mol. The van der Waals surface area contributed by atoms with Crippen molar-refractivity contribution in [1.29, 1.82) is 0 Å². The first kappa shape index (κ1) is 19.8. The Kier molecular flexibility index (Phi) is 6.15. The van der Waals surface area contributed by atoms with Crippen molar-refractivity contribution in [2.75, 3.05) is 33.4 Å². The molecule has 0 bridgehead atoms. The zero-order valence-corrected chi connectivity index (χ0v) is 15.4. The summed E-state index contributed by atoms with van der Waals surface area (Å²) in [6, 6.07) is 2.35. The Balaban J connectivity index is 1.66. The normalized spacial score (nSPS) is 18.3. The Morgan fingerprint density at radius 3 is 2.93 bits per heavy atom. The van der Waals surface area contributed by atoms with Gasteiger partial charge in [-0.25, -0.2) is 17.2 Å². The van der Waals surface area contributed by atoms with E-state index in [4.69, 9.17) is 14.0 Å². The molecule has 1 aromatic heterocycles. The Hall–Kier alpha value is -1.95. The number of sulfonamides is 1. The number of hydrogen-bond donors (Lipinski definition) is 0. The molecule has 2 aromatic rings. The Morgan fingerprint density at radius 2 is 2.15 bits per heavy atom. The van der Waals surface area contributed by atoms with Gasteiger partial charge in [-0.15, -0.1) is 0 Å². The topological polar surface area (TPSA) is 94.8 Å². The van der Waals surface area contributed by atoms with Gasteiger partial charge in [0, 0.05) is 26.1 Å². The van der Waals surface area contributed by atoms with Crippen molar-refractivity contribution in [1.82, 2.24) is 14.4 Å². The summed E-state index contributed by atoms with van der Waals surface area (Å²) in [5, 5.41) is 3.87. The zero-order valence-electron chi connectivity index (χ0n) is 14.6.